The molecule has 0 heterocycles. The van der Waals surface area contributed by atoms with Crippen LogP contribution in [-0.4, -0.2) is 18.6 Å². The standard InChI is InChI=1S/C33H27NO5S/c1-3-4-5-10-22(2)39-24-16-18-25(19-17-24)40(37,38)34-30-21-29(33(36)28-14-9-8-13-27(28)30)32-26-12-7-6-11-23(26)15-20-31(32)35/h3-21,34-36H,1H2,2H3. The highest BCUT2D eigenvalue weighted by Gasteiger charge is 2.21. The molecule has 200 valence electrons. The lowest BCUT2D eigenvalue weighted by Gasteiger charge is -2.17. The number of sulfonamides is 1. The monoisotopic (exact) mass is 549 g/mol. The van der Waals surface area contributed by atoms with Crippen molar-refractivity contribution in [2.24, 2.45) is 0 Å². The number of aromatic hydroxyl groups is 2. The zero-order valence-corrected chi connectivity index (χ0v) is 22.5. The summed E-state index contributed by atoms with van der Waals surface area (Å²) >= 11 is 0. The quantitative estimate of drug-likeness (QED) is 0.104. The average Bonchev–Trinajstić information content (AvgIpc) is 2.95. The van der Waals surface area contributed by atoms with Gasteiger partial charge in [0.25, 0.3) is 10.0 Å². The molecule has 0 aliphatic rings. The number of fused-ring (bicyclic) bond motifs is 2. The largest absolute Gasteiger partial charge is 0.507 e. The zero-order chi connectivity index (χ0) is 28.3. The maximum atomic E-state index is 13.5. The molecule has 5 aromatic rings. The van der Waals surface area contributed by atoms with Gasteiger partial charge in [-0.05, 0) is 60.2 Å². The Hall–Kier alpha value is -5.01. The number of benzene rings is 5. The highest BCUT2D eigenvalue weighted by atomic mass is 32.2. The van der Waals surface area contributed by atoms with Crippen molar-refractivity contribution in [1.82, 2.24) is 0 Å². The highest BCUT2D eigenvalue weighted by molar-refractivity contribution is 7.92. The minimum atomic E-state index is -4.02. The van der Waals surface area contributed by atoms with Gasteiger partial charge in [0.1, 0.15) is 23.0 Å². The SMILES string of the molecule is C=CC=CC=C(C)Oc1ccc(S(=O)(=O)Nc2cc(-c3c(O)ccc4ccccc34)c(O)c3ccccc23)cc1. The third-order valence-electron chi connectivity index (χ3n) is 6.43. The van der Waals surface area contributed by atoms with Gasteiger partial charge in [-0.3, -0.25) is 4.72 Å². The predicted octanol–water partition coefficient (Wildman–Crippen LogP) is 7.90. The minimum Gasteiger partial charge on any atom is -0.507 e. The van der Waals surface area contributed by atoms with E-state index in [2.05, 4.69) is 11.3 Å². The maximum absolute atomic E-state index is 13.5. The molecule has 5 aromatic carbocycles. The molecule has 0 aromatic heterocycles. The fourth-order valence-electron chi connectivity index (χ4n) is 4.56. The Bertz CT molecular complexity index is 1910. The van der Waals surface area contributed by atoms with Crippen LogP contribution in [0.15, 0.2) is 133 Å². The number of phenols is 2. The molecule has 0 aliphatic heterocycles. The fourth-order valence-corrected chi connectivity index (χ4v) is 5.63. The third kappa shape index (κ3) is 5.28. The van der Waals surface area contributed by atoms with Crippen LogP contribution in [0.1, 0.15) is 6.92 Å². The Morgan fingerprint density at radius 3 is 2.25 bits per heavy atom. The topological polar surface area (TPSA) is 95.9 Å². The summed E-state index contributed by atoms with van der Waals surface area (Å²) < 4.78 is 35.4. The molecule has 5 rings (SSSR count). The summed E-state index contributed by atoms with van der Waals surface area (Å²) in [5.74, 6) is 1.03. The van der Waals surface area contributed by atoms with E-state index in [1.165, 1.54) is 12.1 Å². The van der Waals surface area contributed by atoms with Crippen LogP contribution in [0.25, 0.3) is 32.7 Å². The number of nitrogens with one attached hydrogen (secondary N) is 1. The van der Waals surface area contributed by atoms with Crippen molar-refractivity contribution in [1.29, 1.82) is 0 Å². The van der Waals surface area contributed by atoms with Gasteiger partial charge in [0.2, 0.25) is 0 Å². The Morgan fingerprint density at radius 2 is 1.52 bits per heavy atom. The van der Waals surface area contributed by atoms with Gasteiger partial charge in [-0.25, -0.2) is 8.42 Å². The molecule has 0 amide bonds. The first-order valence-corrected chi connectivity index (χ1v) is 14.0. The molecule has 7 heteroatoms. The second-order valence-electron chi connectivity index (χ2n) is 9.12. The number of hydrogen-bond donors (Lipinski definition) is 3. The van der Waals surface area contributed by atoms with Crippen LogP contribution in [-0.2, 0) is 10.0 Å². The normalized spacial score (nSPS) is 12.2. The summed E-state index contributed by atoms with van der Waals surface area (Å²) in [4.78, 5) is 0.0414. The van der Waals surface area contributed by atoms with E-state index in [1.807, 2.05) is 24.3 Å². The van der Waals surface area contributed by atoms with E-state index in [1.54, 1.807) is 85.8 Å². The molecule has 0 spiro atoms. The highest BCUT2D eigenvalue weighted by Crippen LogP contribution is 2.46. The molecule has 0 bridgehead atoms. The number of allylic oxidation sites excluding steroid dienone is 5. The van der Waals surface area contributed by atoms with Crippen LogP contribution in [0, 0.1) is 0 Å². The number of hydrogen-bond acceptors (Lipinski definition) is 5. The van der Waals surface area contributed by atoms with E-state index < -0.39 is 10.0 Å². The molecular formula is C33H27NO5S. The van der Waals surface area contributed by atoms with Gasteiger partial charge in [0, 0.05) is 21.9 Å². The van der Waals surface area contributed by atoms with Crippen molar-refractivity contribution < 1.29 is 23.4 Å². The molecule has 0 saturated heterocycles. The number of rotatable bonds is 8. The lowest BCUT2D eigenvalue weighted by atomic mass is 9.93. The first-order valence-electron chi connectivity index (χ1n) is 12.5. The summed E-state index contributed by atoms with van der Waals surface area (Å²) in [6, 6.07) is 25.4. The van der Waals surface area contributed by atoms with Crippen molar-refractivity contribution in [3.8, 4) is 28.4 Å². The molecule has 0 radical (unpaired) electrons. The molecule has 3 N–H and O–H groups in total. The summed E-state index contributed by atoms with van der Waals surface area (Å²) in [5.41, 5.74) is 0.987. The summed E-state index contributed by atoms with van der Waals surface area (Å²) in [7, 11) is -4.02. The molecule has 0 unspecified atom stereocenters. The fraction of sp³-hybridized carbons (Fsp3) is 0.0303. The third-order valence-corrected chi connectivity index (χ3v) is 7.81. The van der Waals surface area contributed by atoms with Crippen molar-refractivity contribution in [2.75, 3.05) is 4.72 Å². The second kappa shape index (κ2) is 11.0. The molecule has 40 heavy (non-hydrogen) atoms. The van der Waals surface area contributed by atoms with Gasteiger partial charge >= 0.3 is 0 Å². The average molecular weight is 550 g/mol. The Labute approximate surface area is 232 Å². The van der Waals surface area contributed by atoms with Gasteiger partial charge in [-0.2, -0.15) is 0 Å². The van der Waals surface area contributed by atoms with Crippen LogP contribution < -0.4 is 9.46 Å². The number of phenolic OH excluding ortho intramolecular Hbond substituents is 2. The van der Waals surface area contributed by atoms with Gasteiger partial charge in [-0.1, -0.05) is 79.4 Å². The van der Waals surface area contributed by atoms with Crippen LogP contribution in [0.4, 0.5) is 5.69 Å². The van der Waals surface area contributed by atoms with E-state index >= 15 is 0 Å². The van der Waals surface area contributed by atoms with Crippen LogP contribution in [0.2, 0.25) is 0 Å². The van der Waals surface area contributed by atoms with E-state index in [0.717, 1.165) is 10.8 Å². The van der Waals surface area contributed by atoms with E-state index in [9.17, 15) is 18.6 Å². The van der Waals surface area contributed by atoms with E-state index in [-0.39, 0.29) is 22.1 Å². The number of ether oxygens (including phenoxy) is 1. The summed E-state index contributed by atoms with van der Waals surface area (Å²) in [5, 5.41) is 24.7. The first kappa shape index (κ1) is 26.6. The molecule has 0 saturated carbocycles. The molecule has 0 aliphatic carbocycles. The van der Waals surface area contributed by atoms with E-state index in [0.29, 0.717) is 33.4 Å². The predicted molar refractivity (Wildman–Crippen MR) is 161 cm³/mol. The van der Waals surface area contributed by atoms with E-state index in [4.69, 9.17) is 4.74 Å². The molecular weight excluding hydrogens is 522 g/mol. The lowest BCUT2D eigenvalue weighted by Crippen LogP contribution is -2.13. The molecule has 6 nitrogen and oxygen atoms in total. The van der Waals surface area contributed by atoms with Gasteiger partial charge < -0.3 is 14.9 Å². The Kier molecular flexibility index (Phi) is 7.31. The maximum Gasteiger partial charge on any atom is 0.261 e. The number of anilines is 1. The smallest absolute Gasteiger partial charge is 0.261 e. The summed E-state index contributed by atoms with van der Waals surface area (Å²) in [6.45, 7) is 5.41. The van der Waals surface area contributed by atoms with Gasteiger partial charge in [0.15, 0.2) is 0 Å². The van der Waals surface area contributed by atoms with Gasteiger partial charge in [0.05, 0.1) is 10.6 Å². The summed E-state index contributed by atoms with van der Waals surface area (Å²) in [6.07, 6.45) is 6.99. The van der Waals surface area contributed by atoms with Crippen molar-refractivity contribution in [3.63, 3.8) is 0 Å². The molecule has 0 fully saturated rings. The van der Waals surface area contributed by atoms with Crippen molar-refractivity contribution >= 4 is 37.3 Å². The zero-order valence-electron chi connectivity index (χ0n) is 21.7. The van der Waals surface area contributed by atoms with Crippen molar-refractivity contribution in [3.05, 3.63) is 128 Å². The Morgan fingerprint density at radius 1 is 0.850 bits per heavy atom. The Balaban J connectivity index is 1.56. The lowest BCUT2D eigenvalue weighted by molar-refractivity contribution is 0.427. The van der Waals surface area contributed by atoms with Crippen LogP contribution >= 0.6 is 0 Å². The molecule has 0 atom stereocenters. The van der Waals surface area contributed by atoms with Gasteiger partial charge in [-0.15, -0.1) is 0 Å². The van der Waals surface area contributed by atoms with Crippen molar-refractivity contribution in [2.45, 2.75) is 11.8 Å². The first-order chi connectivity index (χ1) is 19.3. The second-order valence-corrected chi connectivity index (χ2v) is 10.8. The minimum absolute atomic E-state index is 0.0296. The van der Waals surface area contributed by atoms with Crippen LogP contribution in [0.5, 0.6) is 17.2 Å². The van der Waals surface area contributed by atoms with Crippen LogP contribution in [0.3, 0.4) is 0 Å².